The summed E-state index contributed by atoms with van der Waals surface area (Å²) in [6, 6.07) is 13.3. The Labute approximate surface area is 178 Å². The SMILES string of the molecule is COc1ccc(C)cc1C[NH+]1CC[NH+]([C@H](C)C(=O)Nc2ccc(C(C)=O)cc2)CC1. The first kappa shape index (κ1) is 22.0. The molecule has 0 saturated carbocycles. The molecule has 0 aliphatic carbocycles. The van der Waals surface area contributed by atoms with E-state index >= 15 is 0 Å². The summed E-state index contributed by atoms with van der Waals surface area (Å²) < 4.78 is 5.52. The Bertz CT molecular complexity index is 887. The highest BCUT2D eigenvalue weighted by atomic mass is 16.5. The molecule has 0 bridgehead atoms. The molecule has 0 unspecified atom stereocenters. The van der Waals surface area contributed by atoms with E-state index in [0.717, 1.165) is 44.2 Å². The van der Waals surface area contributed by atoms with Crippen molar-refractivity contribution in [1.29, 1.82) is 0 Å². The monoisotopic (exact) mass is 411 g/mol. The van der Waals surface area contributed by atoms with E-state index in [1.165, 1.54) is 27.9 Å². The van der Waals surface area contributed by atoms with Crippen molar-refractivity contribution < 1.29 is 24.1 Å². The number of ketones is 1. The summed E-state index contributed by atoms with van der Waals surface area (Å²) in [7, 11) is 1.72. The van der Waals surface area contributed by atoms with Crippen LogP contribution >= 0.6 is 0 Å². The van der Waals surface area contributed by atoms with Gasteiger partial charge in [-0.15, -0.1) is 0 Å². The fourth-order valence-electron chi connectivity index (χ4n) is 4.07. The molecule has 6 nitrogen and oxygen atoms in total. The second-order valence-electron chi connectivity index (χ2n) is 8.24. The number of amides is 1. The van der Waals surface area contributed by atoms with Crippen LogP contribution < -0.4 is 19.9 Å². The van der Waals surface area contributed by atoms with Gasteiger partial charge in [0.2, 0.25) is 0 Å². The number of piperazine rings is 1. The summed E-state index contributed by atoms with van der Waals surface area (Å²) in [5, 5.41) is 2.98. The summed E-state index contributed by atoms with van der Waals surface area (Å²) in [6.45, 7) is 10.5. The zero-order chi connectivity index (χ0) is 21.7. The lowest BCUT2D eigenvalue weighted by atomic mass is 10.1. The highest BCUT2D eigenvalue weighted by Crippen LogP contribution is 2.18. The number of carbonyl (C=O) groups excluding carboxylic acids is 2. The third-order valence-electron chi connectivity index (χ3n) is 6.04. The molecule has 1 heterocycles. The maximum absolute atomic E-state index is 12.7. The molecule has 160 valence electrons. The Hall–Kier alpha value is -2.70. The summed E-state index contributed by atoms with van der Waals surface area (Å²) in [4.78, 5) is 26.9. The highest BCUT2D eigenvalue weighted by molar-refractivity contribution is 5.96. The molecule has 30 heavy (non-hydrogen) atoms. The first-order valence-corrected chi connectivity index (χ1v) is 10.6. The van der Waals surface area contributed by atoms with Gasteiger partial charge in [0.15, 0.2) is 11.8 Å². The zero-order valence-electron chi connectivity index (χ0n) is 18.4. The molecule has 1 aliphatic rings. The molecule has 0 aromatic heterocycles. The topological polar surface area (TPSA) is 64.3 Å². The number of methoxy groups -OCH3 is 1. The quantitative estimate of drug-likeness (QED) is 0.582. The molecule has 2 aromatic carbocycles. The smallest absolute Gasteiger partial charge is 0.282 e. The van der Waals surface area contributed by atoms with E-state index in [-0.39, 0.29) is 17.7 Å². The van der Waals surface area contributed by atoms with Gasteiger partial charge in [-0.1, -0.05) is 11.6 Å². The first-order valence-electron chi connectivity index (χ1n) is 10.6. The molecule has 3 N–H and O–H groups in total. The number of nitrogens with one attached hydrogen (secondary N) is 3. The number of hydrogen-bond donors (Lipinski definition) is 3. The third kappa shape index (κ3) is 5.46. The highest BCUT2D eigenvalue weighted by Gasteiger charge is 2.31. The van der Waals surface area contributed by atoms with Crippen molar-refractivity contribution in [1.82, 2.24) is 0 Å². The predicted octanol–water partition coefficient (Wildman–Crippen LogP) is 0.517. The minimum Gasteiger partial charge on any atom is -0.496 e. The lowest BCUT2D eigenvalue weighted by Crippen LogP contribution is -3.29. The first-order chi connectivity index (χ1) is 14.4. The van der Waals surface area contributed by atoms with E-state index in [2.05, 4.69) is 24.4 Å². The Morgan fingerprint density at radius 3 is 2.33 bits per heavy atom. The van der Waals surface area contributed by atoms with Crippen LogP contribution in [0.15, 0.2) is 42.5 Å². The van der Waals surface area contributed by atoms with Crippen molar-refractivity contribution in [2.45, 2.75) is 33.4 Å². The number of benzene rings is 2. The second-order valence-corrected chi connectivity index (χ2v) is 8.24. The summed E-state index contributed by atoms with van der Waals surface area (Å²) in [6.07, 6.45) is 0. The van der Waals surface area contributed by atoms with Crippen LogP contribution in [-0.2, 0) is 11.3 Å². The average Bonchev–Trinajstić information content (AvgIpc) is 2.74. The molecular weight excluding hydrogens is 378 g/mol. The van der Waals surface area contributed by atoms with Crippen molar-refractivity contribution in [3.8, 4) is 5.75 Å². The summed E-state index contributed by atoms with van der Waals surface area (Å²) in [5.74, 6) is 0.991. The lowest BCUT2D eigenvalue weighted by Gasteiger charge is -2.32. The molecular formula is C24H33N3O3+2. The Balaban J connectivity index is 1.52. The number of rotatable bonds is 7. The van der Waals surface area contributed by atoms with Crippen molar-refractivity contribution in [3.05, 3.63) is 59.2 Å². The van der Waals surface area contributed by atoms with Crippen LogP contribution in [0, 0.1) is 6.92 Å². The molecule has 1 saturated heterocycles. The minimum atomic E-state index is -0.118. The molecule has 0 spiro atoms. The molecule has 0 radical (unpaired) electrons. The maximum atomic E-state index is 12.7. The van der Waals surface area contributed by atoms with E-state index in [1.54, 1.807) is 31.4 Å². The van der Waals surface area contributed by atoms with Crippen LogP contribution in [0.2, 0.25) is 0 Å². The van der Waals surface area contributed by atoms with Gasteiger partial charge >= 0.3 is 0 Å². The molecule has 2 aromatic rings. The zero-order valence-corrected chi connectivity index (χ0v) is 18.4. The van der Waals surface area contributed by atoms with Gasteiger partial charge in [0.05, 0.1) is 7.11 Å². The molecule has 3 rings (SSSR count). The van der Waals surface area contributed by atoms with Gasteiger partial charge < -0.3 is 19.9 Å². The number of carbonyl (C=O) groups is 2. The third-order valence-corrected chi connectivity index (χ3v) is 6.04. The molecule has 1 atom stereocenters. The standard InChI is InChI=1S/C24H31N3O3/c1-17-5-10-23(30-4)21(15-17)16-26-11-13-27(14-12-26)18(2)24(29)25-22-8-6-20(7-9-22)19(3)28/h5-10,15,18H,11-14,16H2,1-4H3,(H,25,29)/p+2/t18-/m1/s1. The summed E-state index contributed by atoms with van der Waals surface area (Å²) >= 11 is 0. The van der Waals surface area contributed by atoms with E-state index in [9.17, 15) is 9.59 Å². The van der Waals surface area contributed by atoms with Crippen LogP contribution in [0.4, 0.5) is 5.69 Å². The van der Waals surface area contributed by atoms with Crippen molar-refractivity contribution >= 4 is 17.4 Å². The van der Waals surface area contributed by atoms with Gasteiger partial charge in [0.25, 0.3) is 5.91 Å². The van der Waals surface area contributed by atoms with Gasteiger partial charge in [0, 0.05) is 16.8 Å². The fourth-order valence-corrected chi connectivity index (χ4v) is 4.07. The van der Waals surface area contributed by atoms with E-state index < -0.39 is 0 Å². The normalized spacial score (nSPS) is 19.7. The second kappa shape index (κ2) is 9.87. The number of Topliss-reactive ketones (excluding diaryl/α,β-unsaturated/α-hetero) is 1. The lowest BCUT2D eigenvalue weighted by molar-refractivity contribution is -1.02. The number of anilines is 1. The molecule has 6 heteroatoms. The van der Waals surface area contributed by atoms with Crippen molar-refractivity contribution in [2.24, 2.45) is 0 Å². The fraction of sp³-hybridized carbons (Fsp3) is 0.417. The maximum Gasteiger partial charge on any atom is 0.282 e. The molecule has 1 fully saturated rings. The van der Waals surface area contributed by atoms with Crippen LogP contribution in [0.5, 0.6) is 5.75 Å². The Morgan fingerprint density at radius 2 is 1.73 bits per heavy atom. The number of quaternary nitrogens is 2. The Kier molecular flexibility index (Phi) is 7.24. The van der Waals surface area contributed by atoms with Gasteiger partial charge in [0.1, 0.15) is 38.5 Å². The van der Waals surface area contributed by atoms with Gasteiger partial charge in [-0.25, -0.2) is 0 Å². The van der Waals surface area contributed by atoms with Crippen LogP contribution in [-0.4, -0.2) is 51.0 Å². The van der Waals surface area contributed by atoms with Crippen molar-refractivity contribution in [2.75, 3.05) is 38.6 Å². The van der Waals surface area contributed by atoms with E-state index in [0.29, 0.717) is 5.56 Å². The van der Waals surface area contributed by atoms with Crippen LogP contribution in [0.3, 0.4) is 0 Å². The Morgan fingerprint density at radius 1 is 1.07 bits per heavy atom. The van der Waals surface area contributed by atoms with Crippen LogP contribution in [0.25, 0.3) is 0 Å². The van der Waals surface area contributed by atoms with Crippen LogP contribution in [0.1, 0.15) is 35.3 Å². The van der Waals surface area contributed by atoms with Gasteiger partial charge in [-0.2, -0.15) is 0 Å². The van der Waals surface area contributed by atoms with Gasteiger partial charge in [-0.05, 0) is 57.2 Å². The predicted molar refractivity (Wildman–Crippen MR) is 117 cm³/mol. The minimum absolute atomic E-state index is 0.0179. The van der Waals surface area contributed by atoms with E-state index in [4.69, 9.17) is 4.74 Å². The average molecular weight is 412 g/mol. The number of aryl methyl sites for hydroxylation is 1. The molecule has 1 aliphatic heterocycles. The number of ether oxygens (including phenoxy) is 1. The largest absolute Gasteiger partial charge is 0.496 e. The van der Waals surface area contributed by atoms with Crippen molar-refractivity contribution in [3.63, 3.8) is 0 Å². The number of hydrogen-bond acceptors (Lipinski definition) is 3. The molecule has 1 amide bonds. The summed E-state index contributed by atoms with van der Waals surface area (Å²) in [5.41, 5.74) is 3.87. The van der Waals surface area contributed by atoms with E-state index in [1.807, 2.05) is 13.0 Å². The van der Waals surface area contributed by atoms with Gasteiger partial charge in [-0.3, -0.25) is 9.59 Å².